The molecule has 1 rings (SSSR count). The molecule has 0 bridgehead atoms. The fourth-order valence-electron chi connectivity index (χ4n) is 1.29. The van der Waals surface area contributed by atoms with Gasteiger partial charge in [-0.25, -0.2) is 17.9 Å². The van der Waals surface area contributed by atoms with Gasteiger partial charge in [0.15, 0.2) is 0 Å². The van der Waals surface area contributed by atoms with Crippen molar-refractivity contribution in [1.82, 2.24) is 0 Å². The van der Waals surface area contributed by atoms with Crippen molar-refractivity contribution in [2.75, 3.05) is 11.9 Å². The van der Waals surface area contributed by atoms with Crippen LogP contribution in [0, 0.1) is 5.82 Å². The molecule has 4 N–H and O–H groups in total. The first-order valence-electron chi connectivity index (χ1n) is 5.08. The number of nitrogens with two attached hydrogens (primary N) is 1. The first kappa shape index (κ1) is 13.9. The minimum Gasteiger partial charge on any atom is -0.394 e. The van der Waals surface area contributed by atoms with Gasteiger partial charge in [0.05, 0.1) is 17.2 Å². The summed E-state index contributed by atoms with van der Waals surface area (Å²) in [5.41, 5.74) is 0.137. The van der Waals surface area contributed by atoms with E-state index in [2.05, 4.69) is 5.32 Å². The molecule has 0 spiro atoms. The van der Waals surface area contributed by atoms with Crippen LogP contribution in [0.5, 0.6) is 0 Å². The van der Waals surface area contributed by atoms with Gasteiger partial charge in [0.1, 0.15) is 5.82 Å². The molecule has 0 fully saturated rings. The zero-order valence-electron chi connectivity index (χ0n) is 9.35. The van der Waals surface area contributed by atoms with E-state index in [0.29, 0.717) is 6.42 Å². The van der Waals surface area contributed by atoms with Crippen molar-refractivity contribution in [3.05, 3.63) is 24.0 Å². The zero-order valence-corrected chi connectivity index (χ0v) is 10.2. The Labute approximate surface area is 99.5 Å². The monoisotopic (exact) mass is 262 g/mol. The van der Waals surface area contributed by atoms with Crippen LogP contribution in [0.25, 0.3) is 0 Å². The first-order valence-corrected chi connectivity index (χ1v) is 6.63. The number of sulfonamides is 1. The molecular formula is C10H15FN2O3S. The molecular weight excluding hydrogens is 247 g/mol. The Morgan fingerprint density at radius 2 is 2.18 bits per heavy atom. The van der Waals surface area contributed by atoms with Gasteiger partial charge in [-0.1, -0.05) is 6.92 Å². The molecule has 0 aliphatic rings. The maximum absolute atomic E-state index is 13.5. The van der Waals surface area contributed by atoms with Crippen LogP contribution in [0.1, 0.15) is 13.3 Å². The lowest BCUT2D eigenvalue weighted by Gasteiger charge is -2.16. The molecule has 1 unspecified atom stereocenters. The van der Waals surface area contributed by atoms with Crippen LogP contribution in [0.15, 0.2) is 23.1 Å². The predicted molar refractivity (Wildman–Crippen MR) is 62.6 cm³/mol. The molecule has 17 heavy (non-hydrogen) atoms. The number of halogens is 1. The van der Waals surface area contributed by atoms with E-state index in [4.69, 9.17) is 10.2 Å². The fraction of sp³-hybridized carbons (Fsp3) is 0.400. The van der Waals surface area contributed by atoms with E-state index in [1.807, 2.05) is 6.92 Å². The van der Waals surface area contributed by atoms with Crippen molar-refractivity contribution in [2.45, 2.75) is 24.3 Å². The standard InChI is InChI=1S/C10H15FN2O3S/c1-2-7(6-14)13-10-4-3-8(5-9(10)11)17(12,15)16/h3-5,7,13-14H,2,6H2,1H3,(H2,12,15,16). The number of rotatable bonds is 5. The Kier molecular flexibility index (Phi) is 4.44. The number of nitrogens with one attached hydrogen (secondary N) is 1. The Morgan fingerprint density at radius 3 is 2.59 bits per heavy atom. The van der Waals surface area contributed by atoms with Crippen LogP contribution in [0.2, 0.25) is 0 Å². The summed E-state index contributed by atoms with van der Waals surface area (Å²) in [4.78, 5) is -0.280. The third-order valence-corrected chi connectivity index (χ3v) is 3.25. The van der Waals surface area contributed by atoms with Gasteiger partial charge in [-0.05, 0) is 24.6 Å². The van der Waals surface area contributed by atoms with Gasteiger partial charge in [0, 0.05) is 6.04 Å². The van der Waals surface area contributed by atoms with Gasteiger partial charge in [-0.3, -0.25) is 0 Å². The maximum atomic E-state index is 13.5. The van der Waals surface area contributed by atoms with Gasteiger partial charge in [0.2, 0.25) is 10.0 Å². The summed E-state index contributed by atoms with van der Waals surface area (Å²) in [6.07, 6.45) is 0.618. The van der Waals surface area contributed by atoms with E-state index < -0.39 is 15.8 Å². The molecule has 7 heteroatoms. The molecule has 0 aromatic heterocycles. The lowest BCUT2D eigenvalue weighted by Crippen LogP contribution is -2.23. The van der Waals surface area contributed by atoms with E-state index in [1.54, 1.807) is 0 Å². The molecule has 1 aromatic carbocycles. The molecule has 1 aromatic rings. The second-order valence-electron chi connectivity index (χ2n) is 3.62. The van der Waals surface area contributed by atoms with Crippen LogP contribution < -0.4 is 10.5 Å². The Morgan fingerprint density at radius 1 is 1.53 bits per heavy atom. The third-order valence-electron chi connectivity index (χ3n) is 2.34. The summed E-state index contributed by atoms with van der Waals surface area (Å²) in [6, 6.07) is 3.07. The van der Waals surface area contributed by atoms with Crippen LogP contribution in [0.4, 0.5) is 10.1 Å². The Hall–Kier alpha value is -1.18. The molecule has 0 saturated carbocycles. The quantitative estimate of drug-likeness (QED) is 0.726. The van der Waals surface area contributed by atoms with Gasteiger partial charge < -0.3 is 10.4 Å². The lowest BCUT2D eigenvalue weighted by molar-refractivity contribution is 0.271. The van der Waals surface area contributed by atoms with Crippen molar-refractivity contribution < 1.29 is 17.9 Å². The highest BCUT2D eigenvalue weighted by Crippen LogP contribution is 2.19. The number of aliphatic hydroxyl groups is 1. The lowest BCUT2D eigenvalue weighted by atomic mass is 10.2. The average Bonchev–Trinajstić information content (AvgIpc) is 2.26. The van der Waals surface area contributed by atoms with Crippen molar-refractivity contribution in [1.29, 1.82) is 0 Å². The molecule has 0 saturated heterocycles. The Bertz CT molecular complexity index is 486. The number of aliphatic hydroxyl groups excluding tert-OH is 1. The highest BCUT2D eigenvalue weighted by atomic mass is 32.2. The number of hydrogen-bond acceptors (Lipinski definition) is 4. The average molecular weight is 262 g/mol. The highest BCUT2D eigenvalue weighted by Gasteiger charge is 2.13. The van der Waals surface area contributed by atoms with Gasteiger partial charge in [0.25, 0.3) is 0 Å². The van der Waals surface area contributed by atoms with Crippen LogP contribution in [-0.4, -0.2) is 26.2 Å². The second-order valence-corrected chi connectivity index (χ2v) is 5.18. The molecule has 0 radical (unpaired) electrons. The highest BCUT2D eigenvalue weighted by molar-refractivity contribution is 7.89. The summed E-state index contributed by atoms with van der Waals surface area (Å²) in [6.45, 7) is 1.71. The van der Waals surface area contributed by atoms with Crippen molar-refractivity contribution in [2.24, 2.45) is 5.14 Å². The van der Waals surface area contributed by atoms with Gasteiger partial charge in [-0.2, -0.15) is 0 Å². The smallest absolute Gasteiger partial charge is 0.238 e. The van der Waals surface area contributed by atoms with Crippen molar-refractivity contribution >= 4 is 15.7 Å². The van der Waals surface area contributed by atoms with Crippen molar-refractivity contribution in [3.63, 3.8) is 0 Å². The van der Waals surface area contributed by atoms with E-state index in [-0.39, 0.29) is 23.2 Å². The minimum atomic E-state index is -3.90. The maximum Gasteiger partial charge on any atom is 0.238 e. The second kappa shape index (κ2) is 5.44. The molecule has 0 aliphatic carbocycles. The molecule has 0 heterocycles. The summed E-state index contributed by atoms with van der Waals surface area (Å²) in [7, 11) is -3.90. The fourth-order valence-corrected chi connectivity index (χ4v) is 1.81. The van der Waals surface area contributed by atoms with Crippen LogP contribution >= 0.6 is 0 Å². The largest absolute Gasteiger partial charge is 0.394 e. The molecule has 0 amide bonds. The van der Waals surface area contributed by atoms with Crippen molar-refractivity contribution in [3.8, 4) is 0 Å². The number of anilines is 1. The SMILES string of the molecule is CCC(CO)Nc1ccc(S(N)(=O)=O)cc1F. The third kappa shape index (κ3) is 3.65. The van der Waals surface area contributed by atoms with E-state index in [9.17, 15) is 12.8 Å². The normalized spacial score (nSPS) is 13.4. The van der Waals surface area contributed by atoms with E-state index in [1.165, 1.54) is 12.1 Å². The summed E-state index contributed by atoms with van der Waals surface area (Å²) in [5, 5.41) is 16.6. The summed E-state index contributed by atoms with van der Waals surface area (Å²) in [5.74, 6) is -0.719. The molecule has 96 valence electrons. The molecule has 5 nitrogen and oxygen atoms in total. The first-order chi connectivity index (χ1) is 7.88. The van der Waals surface area contributed by atoms with Crippen LogP contribution in [0.3, 0.4) is 0 Å². The Balaban J connectivity index is 2.98. The van der Waals surface area contributed by atoms with Crippen LogP contribution in [-0.2, 0) is 10.0 Å². The van der Waals surface area contributed by atoms with Gasteiger partial charge in [-0.15, -0.1) is 0 Å². The minimum absolute atomic E-state index is 0.132. The number of primary sulfonamides is 1. The predicted octanol–water partition coefficient (Wildman–Crippen LogP) is 0.656. The number of benzene rings is 1. The van der Waals surface area contributed by atoms with E-state index >= 15 is 0 Å². The zero-order chi connectivity index (χ0) is 13.1. The van der Waals surface area contributed by atoms with E-state index in [0.717, 1.165) is 6.07 Å². The van der Waals surface area contributed by atoms with Gasteiger partial charge >= 0.3 is 0 Å². The summed E-state index contributed by atoms with van der Waals surface area (Å²) >= 11 is 0. The molecule has 1 atom stereocenters. The summed E-state index contributed by atoms with van der Waals surface area (Å²) < 4.78 is 35.5. The number of hydrogen-bond donors (Lipinski definition) is 3. The molecule has 0 aliphatic heterocycles. The topological polar surface area (TPSA) is 92.4 Å².